The number of hydrogen-bond donors (Lipinski definition) is 0. The van der Waals surface area contributed by atoms with Gasteiger partial charge in [0.25, 0.3) is 0 Å². The van der Waals surface area contributed by atoms with E-state index in [4.69, 9.17) is 0 Å². The van der Waals surface area contributed by atoms with Gasteiger partial charge in [-0.3, -0.25) is 0 Å². The minimum Gasteiger partial charge on any atom is -0.134 e. The molecule has 2 heteroatoms. The number of rotatable bonds is 4. The minimum atomic E-state index is 0.398. The van der Waals surface area contributed by atoms with Crippen molar-refractivity contribution in [2.24, 2.45) is 0 Å². The van der Waals surface area contributed by atoms with Gasteiger partial charge in [-0.05, 0) is 116 Å². The molecule has 0 bridgehead atoms. The zero-order valence-electron chi connectivity index (χ0n) is 28.9. The third-order valence-corrected chi connectivity index (χ3v) is 14.1. The first-order chi connectivity index (χ1) is 25.8. The van der Waals surface area contributed by atoms with Crippen LogP contribution in [0.1, 0.15) is 53.0 Å². The Bertz CT molecular complexity index is 2720. The van der Waals surface area contributed by atoms with Crippen LogP contribution in [0.4, 0.5) is 0 Å². The van der Waals surface area contributed by atoms with E-state index in [-0.39, 0.29) is 0 Å². The maximum atomic E-state index is 2.59. The van der Waals surface area contributed by atoms with Crippen molar-refractivity contribution in [2.45, 2.75) is 42.9 Å². The molecule has 6 aromatic carbocycles. The highest BCUT2D eigenvalue weighted by molar-refractivity contribution is 8.03. The molecule has 0 amide bonds. The molecule has 0 spiro atoms. The maximum absolute atomic E-state index is 2.59. The quantitative estimate of drug-likeness (QED) is 0.176. The molecular weight excluding hydrogens is 665 g/mol. The van der Waals surface area contributed by atoms with Gasteiger partial charge in [0.2, 0.25) is 0 Å². The lowest BCUT2D eigenvalue weighted by molar-refractivity contribution is 0.840. The Balaban J connectivity index is 1.30. The number of allylic oxidation sites excluding steroid dienone is 6. The highest BCUT2D eigenvalue weighted by atomic mass is 32.2. The predicted molar refractivity (Wildman–Crippen MR) is 226 cm³/mol. The van der Waals surface area contributed by atoms with Crippen molar-refractivity contribution in [1.29, 1.82) is 0 Å². The first-order valence-electron chi connectivity index (χ1n) is 18.6. The lowest BCUT2D eigenvalue weighted by Crippen LogP contribution is -2.03. The molecule has 0 N–H and O–H groups in total. The van der Waals surface area contributed by atoms with Gasteiger partial charge < -0.3 is 0 Å². The SMILES string of the molecule is C1=CCC2C(=C1)Sc1c2cc2c(-c3ccccc3)c(-c3ccc4c(c3)C=CCC4)sc2c1-c1c2c(c(-c3ccccc3)c3ccccc13)CCC=C2. The van der Waals surface area contributed by atoms with E-state index in [0.29, 0.717) is 5.92 Å². The Labute approximate surface area is 313 Å². The molecule has 1 atom stereocenters. The Kier molecular flexibility index (Phi) is 7.17. The van der Waals surface area contributed by atoms with E-state index in [1.54, 1.807) is 0 Å². The normalized spacial score (nSPS) is 16.8. The minimum absolute atomic E-state index is 0.398. The summed E-state index contributed by atoms with van der Waals surface area (Å²) in [6.07, 6.45) is 21.9. The summed E-state index contributed by atoms with van der Waals surface area (Å²) < 4.78 is 1.40. The average Bonchev–Trinajstić information content (AvgIpc) is 3.78. The number of thioether (sulfide) groups is 1. The summed E-state index contributed by atoms with van der Waals surface area (Å²) in [7, 11) is 0. The monoisotopic (exact) mass is 700 g/mol. The molecule has 52 heavy (non-hydrogen) atoms. The third-order valence-electron chi connectivity index (χ3n) is 11.5. The second-order valence-corrected chi connectivity index (χ2v) is 16.6. The molecule has 0 radical (unpaired) electrons. The first kappa shape index (κ1) is 30.5. The molecule has 7 aromatic rings. The van der Waals surface area contributed by atoms with Crippen molar-refractivity contribution in [3.8, 4) is 43.8 Å². The van der Waals surface area contributed by atoms with Gasteiger partial charge >= 0.3 is 0 Å². The van der Waals surface area contributed by atoms with Crippen molar-refractivity contribution in [3.05, 3.63) is 172 Å². The zero-order valence-corrected chi connectivity index (χ0v) is 30.5. The Morgan fingerprint density at radius 1 is 0.577 bits per heavy atom. The van der Waals surface area contributed by atoms with Crippen molar-refractivity contribution in [3.63, 3.8) is 0 Å². The Morgan fingerprint density at radius 2 is 1.31 bits per heavy atom. The van der Waals surface area contributed by atoms with Gasteiger partial charge in [-0.15, -0.1) is 11.3 Å². The van der Waals surface area contributed by atoms with Crippen LogP contribution in [-0.4, -0.2) is 0 Å². The third kappa shape index (κ3) is 4.67. The summed E-state index contributed by atoms with van der Waals surface area (Å²) in [5.41, 5.74) is 16.7. The van der Waals surface area contributed by atoms with E-state index in [1.165, 1.54) is 102 Å². The molecule has 0 fully saturated rings. The van der Waals surface area contributed by atoms with E-state index < -0.39 is 0 Å². The van der Waals surface area contributed by atoms with Gasteiger partial charge in [-0.2, -0.15) is 0 Å². The van der Waals surface area contributed by atoms with E-state index in [1.807, 2.05) is 23.1 Å². The molecule has 1 aliphatic heterocycles. The lowest BCUT2D eigenvalue weighted by Gasteiger charge is -2.25. The largest absolute Gasteiger partial charge is 0.134 e. The van der Waals surface area contributed by atoms with E-state index in [2.05, 4.69) is 152 Å². The fourth-order valence-electron chi connectivity index (χ4n) is 9.20. The molecule has 4 aliphatic rings. The standard InChI is InChI=1S/C50H36S2/c1-3-16-32(17-4-1)44-37-22-9-11-24-39(37)46(40-25-12-10-23-38(40)44)47-49-41(36-21-13-14-26-43(36)51-49)30-42-45(33-18-5-2-6-19-33)48(52-50(42)47)35-28-27-31-15-7-8-20-34(31)29-35/h1-6,8-9,11-14,16-20,22,24-30,36H,7,10,15,21,23H2. The van der Waals surface area contributed by atoms with Crippen molar-refractivity contribution >= 4 is 56.1 Å². The summed E-state index contributed by atoms with van der Waals surface area (Å²) in [5.74, 6) is 0.398. The topological polar surface area (TPSA) is 0 Å². The van der Waals surface area contributed by atoms with Crippen LogP contribution in [0.3, 0.4) is 0 Å². The van der Waals surface area contributed by atoms with Crippen LogP contribution in [0, 0.1) is 0 Å². The molecule has 0 nitrogen and oxygen atoms in total. The van der Waals surface area contributed by atoms with E-state index >= 15 is 0 Å². The van der Waals surface area contributed by atoms with Crippen molar-refractivity contribution in [1.82, 2.24) is 0 Å². The molecule has 2 heterocycles. The highest BCUT2D eigenvalue weighted by Gasteiger charge is 2.35. The predicted octanol–water partition coefficient (Wildman–Crippen LogP) is 14.7. The number of fused-ring (bicyclic) bond motifs is 7. The summed E-state index contributed by atoms with van der Waals surface area (Å²) >= 11 is 4.03. The van der Waals surface area contributed by atoms with Crippen LogP contribution < -0.4 is 0 Å². The van der Waals surface area contributed by atoms with Gasteiger partial charge in [0.05, 0.1) is 0 Å². The smallest absolute Gasteiger partial charge is 0.0446 e. The van der Waals surface area contributed by atoms with Gasteiger partial charge in [0.1, 0.15) is 0 Å². The van der Waals surface area contributed by atoms with Crippen LogP contribution in [0.25, 0.3) is 76.8 Å². The van der Waals surface area contributed by atoms with Gasteiger partial charge in [-0.1, -0.05) is 151 Å². The summed E-state index contributed by atoms with van der Waals surface area (Å²) in [4.78, 5) is 4.30. The molecule has 0 saturated heterocycles. The maximum Gasteiger partial charge on any atom is 0.0446 e. The molecule has 248 valence electrons. The van der Waals surface area contributed by atoms with Gasteiger partial charge in [0, 0.05) is 36.9 Å². The van der Waals surface area contributed by atoms with Crippen LogP contribution in [0.5, 0.6) is 0 Å². The fraction of sp³-hybridized carbons (Fsp3) is 0.120. The summed E-state index contributed by atoms with van der Waals surface area (Å²) in [5, 5.41) is 4.08. The van der Waals surface area contributed by atoms with E-state index in [0.717, 1.165) is 32.1 Å². The lowest BCUT2D eigenvalue weighted by atomic mass is 9.79. The van der Waals surface area contributed by atoms with E-state index in [9.17, 15) is 0 Å². The summed E-state index contributed by atoms with van der Waals surface area (Å²) in [6.45, 7) is 0. The van der Waals surface area contributed by atoms with Crippen molar-refractivity contribution in [2.75, 3.05) is 0 Å². The number of aryl methyl sites for hydroxylation is 1. The van der Waals surface area contributed by atoms with Crippen LogP contribution in [0.2, 0.25) is 0 Å². The molecule has 3 aliphatic carbocycles. The highest BCUT2D eigenvalue weighted by Crippen LogP contribution is 2.61. The average molecular weight is 701 g/mol. The number of benzene rings is 6. The first-order valence-corrected chi connectivity index (χ1v) is 20.3. The van der Waals surface area contributed by atoms with Crippen LogP contribution in [0.15, 0.2) is 149 Å². The summed E-state index contributed by atoms with van der Waals surface area (Å²) in [6, 6.07) is 41.3. The van der Waals surface area contributed by atoms with Crippen LogP contribution in [-0.2, 0) is 12.8 Å². The molecule has 1 unspecified atom stereocenters. The zero-order chi connectivity index (χ0) is 34.2. The molecule has 1 aromatic heterocycles. The van der Waals surface area contributed by atoms with Gasteiger partial charge in [-0.25, -0.2) is 0 Å². The number of thiophene rings is 1. The Hall–Kier alpha value is -5.15. The fourth-order valence-corrected chi connectivity index (χ4v) is 12.0. The molecule has 0 saturated carbocycles. The van der Waals surface area contributed by atoms with Crippen molar-refractivity contribution < 1.29 is 0 Å². The second-order valence-electron chi connectivity index (χ2n) is 14.5. The van der Waals surface area contributed by atoms with Gasteiger partial charge in [0.15, 0.2) is 0 Å². The number of hydrogen-bond acceptors (Lipinski definition) is 2. The Morgan fingerprint density at radius 3 is 2.13 bits per heavy atom. The second kappa shape index (κ2) is 12.2. The van der Waals surface area contributed by atoms with Crippen LogP contribution >= 0.6 is 23.1 Å². The molecule has 11 rings (SSSR count). The molecular formula is C50H36S2.